The lowest BCUT2D eigenvalue weighted by molar-refractivity contribution is -0.324. The van der Waals surface area contributed by atoms with Gasteiger partial charge in [0, 0.05) is 104 Å². The Hall–Kier alpha value is -7.24. The second-order valence-electron chi connectivity index (χ2n) is 24.4. The van der Waals surface area contributed by atoms with Gasteiger partial charge < -0.3 is 81.0 Å². The van der Waals surface area contributed by atoms with Crippen molar-refractivity contribution in [2.45, 2.75) is 125 Å². The van der Waals surface area contributed by atoms with Crippen molar-refractivity contribution in [2.24, 2.45) is 0 Å². The van der Waals surface area contributed by atoms with E-state index in [9.17, 15) is 71.5 Å². The minimum absolute atomic E-state index is 0.0169. The molecule has 2 aliphatic carbocycles. The average Bonchev–Trinajstić information content (AvgIpc) is 0.990. The molecule has 2 saturated carbocycles. The second kappa shape index (κ2) is 19.9. The molecular formula is C68H68NO16+. The smallest absolute Gasteiger partial charge is 0.305 e. The molecule has 440 valence electrons. The normalized spacial score (nSPS) is 17.7. The molecular weight excluding hydrogens is 1090 g/mol. The zero-order chi connectivity index (χ0) is 60.7. The maximum Gasteiger partial charge on any atom is 0.305 e. The van der Waals surface area contributed by atoms with Gasteiger partial charge in [0.2, 0.25) is 0 Å². The quantitative estimate of drug-likeness (QED) is 0.0401. The summed E-state index contributed by atoms with van der Waals surface area (Å²) in [6, 6.07) is 43.9. The van der Waals surface area contributed by atoms with E-state index in [2.05, 4.69) is 0 Å². The van der Waals surface area contributed by atoms with Crippen LogP contribution in [0.3, 0.4) is 0 Å². The first kappa shape index (κ1) is 58.2. The Bertz CT molecular complexity index is 3670. The highest BCUT2D eigenvalue weighted by molar-refractivity contribution is 5.91. The summed E-state index contributed by atoms with van der Waals surface area (Å²) in [6.07, 6.45) is 3.78. The molecule has 4 aliphatic rings. The first-order chi connectivity index (χ1) is 39.9. The number of benzene rings is 8. The molecule has 2 fully saturated rings. The molecule has 8 aromatic rings. The van der Waals surface area contributed by atoms with Crippen molar-refractivity contribution >= 4 is 22.7 Å². The number of hydrogen-bond donors (Lipinski definition) is 14. The van der Waals surface area contributed by atoms with Crippen molar-refractivity contribution < 1.29 is 81.0 Å². The van der Waals surface area contributed by atoms with Crippen LogP contribution in [0.15, 0.2) is 158 Å². The van der Waals surface area contributed by atoms with Gasteiger partial charge in [-0.2, -0.15) is 4.48 Å². The maximum atomic E-state index is 12.9. The minimum Gasteiger partial charge on any atom is -0.456 e. The van der Waals surface area contributed by atoms with Gasteiger partial charge in [0.1, 0.15) is 45.7 Å². The monoisotopic (exact) mass is 1150 g/mol. The summed E-state index contributed by atoms with van der Waals surface area (Å²) >= 11 is 0. The summed E-state index contributed by atoms with van der Waals surface area (Å²) in [5.74, 6) is -13.4. The maximum absolute atomic E-state index is 12.9. The molecule has 0 bridgehead atoms. The Balaban J connectivity index is 1.21. The number of quaternary nitrogens is 1. The van der Waals surface area contributed by atoms with Crippen LogP contribution in [0, 0.1) is 0 Å². The summed E-state index contributed by atoms with van der Waals surface area (Å²) in [7, 11) is 0. The molecule has 14 N–H and O–H groups in total. The van der Waals surface area contributed by atoms with Gasteiger partial charge in [-0.3, -0.25) is 0 Å². The van der Waals surface area contributed by atoms with Crippen molar-refractivity contribution in [3.8, 4) is 45.3 Å². The highest BCUT2D eigenvalue weighted by atomic mass is 16.7. The molecule has 17 heteroatoms. The van der Waals surface area contributed by atoms with Crippen LogP contribution >= 0.6 is 0 Å². The van der Waals surface area contributed by atoms with E-state index in [1.54, 1.807) is 48.5 Å². The summed E-state index contributed by atoms with van der Waals surface area (Å²) in [6.45, 7) is 7.55. The molecule has 0 unspecified atom stereocenters. The molecule has 2 heterocycles. The van der Waals surface area contributed by atoms with E-state index in [4.69, 9.17) is 9.47 Å². The van der Waals surface area contributed by atoms with E-state index in [1.807, 2.05) is 100 Å². The molecule has 0 spiro atoms. The zero-order valence-electron chi connectivity index (χ0n) is 47.2. The van der Waals surface area contributed by atoms with Crippen molar-refractivity contribution in [1.82, 2.24) is 4.48 Å². The van der Waals surface area contributed by atoms with Crippen LogP contribution in [0.1, 0.15) is 135 Å². The van der Waals surface area contributed by atoms with Crippen molar-refractivity contribution in [3.63, 3.8) is 0 Å². The number of ether oxygens (including phenoxy) is 2. The number of hydrogen-bond acceptors (Lipinski definition) is 16. The highest BCUT2D eigenvalue weighted by Crippen LogP contribution is 2.61. The Morgan fingerprint density at radius 2 is 0.682 bits per heavy atom. The third-order valence-corrected chi connectivity index (χ3v) is 18.4. The topological polar surface area (TPSA) is 302 Å². The SMILES string of the molecule is CC1(C)c2ccc(C(O)(O)O)cc2Oc2c1ccc(C(O)(O)O)c2-c1cc([N+](c2ccccc2)(c2ccccc2)c2ccc(C3(O)CCCC3)c(-c3c(C(O)(O)O)ccc4c3Oc3cc(C(O)(O)O)ccc3C4(C)C)c2)ccc1C1(O)CCCC1. The summed E-state index contributed by atoms with van der Waals surface area (Å²) in [4.78, 5) is 0. The number of para-hydroxylation sites is 2. The van der Waals surface area contributed by atoms with Gasteiger partial charge in [-0.15, -0.1) is 0 Å². The average molecular weight is 1160 g/mol. The Kier molecular flexibility index (Phi) is 13.6. The molecule has 0 saturated heterocycles. The van der Waals surface area contributed by atoms with Gasteiger partial charge in [-0.25, -0.2) is 0 Å². The molecule has 0 radical (unpaired) electrons. The van der Waals surface area contributed by atoms with Crippen molar-refractivity contribution in [2.75, 3.05) is 0 Å². The van der Waals surface area contributed by atoms with Gasteiger partial charge in [-0.1, -0.05) is 126 Å². The van der Waals surface area contributed by atoms with E-state index in [1.165, 1.54) is 36.4 Å². The Labute approximate surface area is 489 Å². The van der Waals surface area contributed by atoms with Crippen LogP contribution in [0.25, 0.3) is 22.3 Å². The fourth-order valence-electron chi connectivity index (χ4n) is 14.0. The molecule has 12 rings (SSSR count). The van der Waals surface area contributed by atoms with Gasteiger partial charge in [0.15, 0.2) is 0 Å². The Morgan fingerprint density at radius 1 is 0.353 bits per heavy atom. The number of aliphatic hydroxyl groups is 14. The van der Waals surface area contributed by atoms with E-state index in [0.29, 0.717) is 107 Å². The molecule has 0 atom stereocenters. The van der Waals surface area contributed by atoms with Gasteiger partial charge >= 0.3 is 23.9 Å². The number of rotatable bonds is 12. The summed E-state index contributed by atoms with van der Waals surface area (Å²) in [5.41, 5.74) is -1.25. The van der Waals surface area contributed by atoms with Crippen molar-refractivity contribution in [3.05, 3.63) is 213 Å². The van der Waals surface area contributed by atoms with Crippen LogP contribution in [0.5, 0.6) is 23.0 Å². The van der Waals surface area contributed by atoms with Crippen LogP contribution in [-0.4, -0.2) is 71.5 Å². The summed E-state index contributed by atoms with van der Waals surface area (Å²) in [5, 5.41) is 157. The van der Waals surface area contributed by atoms with Crippen LogP contribution in [-0.2, 0) is 45.9 Å². The minimum atomic E-state index is -3.54. The second-order valence-corrected chi connectivity index (χ2v) is 24.4. The fraction of sp³-hybridized carbons (Fsp3) is 0.294. The lowest BCUT2D eigenvalue weighted by Gasteiger charge is -2.40. The van der Waals surface area contributed by atoms with E-state index in [-0.39, 0.29) is 60.9 Å². The third kappa shape index (κ3) is 9.48. The lowest BCUT2D eigenvalue weighted by Crippen LogP contribution is -2.34. The molecule has 0 amide bonds. The van der Waals surface area contributed by atoms with Gasteiger partial charge in [0.05, 0.1) is 22.3 Å². The third-order valence-electron chi connectivity index (χ3n) is 18.4. The fourth-order valence-corrected chi connectivity index (χ4v) is 14.0. The summed E-state index contributed by atoms with van der Waals surface area (Å²) < 4.78 is 13.2. The van der Waals surface area contributed by atoms with Crippen LogP contribution in [0.4, 0.5) is 22.7 Å². The van der Waals surface area contributed by atoms with E-state index >= 15 is 0 Å². The number of nitrogens with zero attached hydrogens (tertiary/aromatic N) is 1. The molecule has 8 aromatic carbocycles. The first-order valence-electron chi connectivity index (χ1n) is 28.4. The predicted molar refractivity (Wildman–Crippen MR) is 313 cm³/mol. The van der Waals surface area contributed by atoms with E-state index in [0.717, 1.165) is 0 Å². The number of fused-ring (bicyclic) bond motifs is 4. The Morgan fingerprint density at radius 3 is 1.01 bits per heavy atom. The lowest BCUT2D eigenvalue weighted by atomic mass is 9.73. The molecule has 85 heavy (non-hydrogen) atoms. The molecule has 17 nitrogen and oxygen atoms in total. The largest absolute Gasteiger partial charge is 0.456 e. The van der Waals surface area contributed by atoms with Crippen molar-refractivity contribution in [1.29, 1.82) is 0 Å². The molecule has 0 aromatic heterocycles. The highest BCUT2D eigenvalue weighted by Gasteiger charge is 2.49. The zero-order valence-corrected chi connectivity index (χ0v) is 47.2. The first-order valence-corrected chi connectivity index (χ1v) is 28.4. The van der Waals surface area contributed by atoms with Crippen LogP contribution in [0.2, 0.25) is 0 Å². The van der Waals surface area contributed by atoms with Gasteiger partial charge in [-0.05, 0) is 84.3 Å². The predicted octanol–water partition coefficient (Wildman–Crippen LogP) is 9.06. The standard InChI is InChI=1S/C68H68NO16/c1-61(2)49-23-19-39(65(72,73)74)35-55(49)84-59-53(61)29-27-51(67(78,79)80)57(59)45-37-43(21-25-47(45)63(70)31-11-12-32-63)69(41-15-7-5-8-16-41,42-17-9-6-10-18-42)44-22-26-48(64(71)33-13-14-34-64)46(38-44)58-52(68(81,82)83)28-30-54-60(58)85-56-36-40(66(75,76)77)20-24-50(56)62(54,3)4/h5-10,15-30,35-38,70-83H,11-14,31-34H2,1-4H3/q+1. The van der Waals surface area contributed by atoms with Crippen LogP contribution < -0.4 is 14.0 Å². The van der Waals surface area contributed by atoms with Gasteiger partial charge in [0.25, 0.3) is 0 Å². The molecule has 2 aliphatic heterocycles. The van der Waals surface area contributed by atoms with E-state index < -0.39 is 57.1 Å².